The average Bonchev–Trinajstić information content (AvgIpc) is 2.78. The van der Waals surface area contributed by atoms with Gasteiger partial charge in [0, 0.05) is 28.3 Å². The van der Waals surface area contributed by atoms with Gasteiger partial charge in [-0.15, -0.1) is 0 Å². The molecule has 2 aromatic rings. The summed E-state index contributed by atoms with van der Waals surface area (Å²) in [5, 5.41) is 0. The molecule has 2 N–H and O–H groups in total. The number of ether oxygens (including phenoxy) is 2. The zero-order chi connectivity index (χ0) is 22.3. The van der Waals surface area contributed by atoms with Crippen LogP contribution in [-0.4, -0.2) is 24.0 Å². The van der Waals surface area contributed by atoms with Crippen LogP contribution in [0, 0.1) is 17.3 Å². The fourth-order valence-electron chi connectivity index (χ4n) is 4.52. The zero-order valence-corrected chi connectivity index (χ0v) is 19.0. The van der Waals surface area contributed by atoms with E-state index in [2.05, 4.69) is 50.8 Å². The van der Waals surface area contributed by atoms with Gasteiger partial charge in [-0.25, -0.2) is 4.98 Å². The minimum absolute atomic E-state index is 0.0836. The molecule has 0 bridgehead atoms. The molecule has 1 aromatic heterocycles. The van der Waals surface area contributed by atoms with Gasteiger partial charge >= 0.3 is 0 Å². The van der Waals surface area contributed by atoms with Crippen molar-refractivity contribution in [1.82, 2.24) is 4.98 Å². The monoisotopic (exact) mass is 427 g/mol. The van der Waals surface area contributed by atoms with Gasteiger partial charge in [0.1, 0.15) is 23.7 Å². The number of pyridine rings is 1. The lowest BCUT2D eigenvalue weighted by Gasteiger charge is -2.39. The number of aromatic nitrogens is 1. The summed E-state index contributed by atoms with van der Waals surface area (Å²) < 4.78 is 12.2. The van der Waals surface area contributed by atoms with Gasteiger partial charge in [-0.3, -0.25) is 4.99 Å². The molecule has 0 saturated carbocycles. The minimum Gasteiger partial charge on any atom is -0.438 e. The highest BCUT2D eigenvalue weighted by Crippen LogP contribution is 2.50. The van der Waals surface area contributed by atoms with Crippen molar-refractivity contribution in [2.75, 3.05) is 13.2 Å². The molecule has 5 nitrogen and oxygen atoms in total. The molecule has 0 fully saturated rings. The smallest absolute Gasteiger partial charge is 0.225 e. The Morgan fingerprint density at radius 2 is 2.00 bits per heavy atom. The first-order valence-corrected chi connectivity index (χ1v) is 11.3. The fourth-order valence-corrected chi connectivity index (χ4v) is 4.52. The lowest BCUT2D eigenvalue weighted by atomic mass is 9.80. The summed E-state index contributed by atoms with van der Waals surface area (Å²) in [5.74, 6) is 8.38. The highest BCUT2D eigenvalue weighted by Gasteiger charge is 2.45. The average molecular weight is 428 g/mol. The van der Waals surface area contributed by atoms with Gasteiger partial charge in [0.25, 0.3) is 0 Å². The molecule has 3 aliphatic rings. The molecule has 0 amide bonds. The molecule has 1 aliphatic carbocycles. The maximum atomic E-state index is 6.24. The molecule has 1 atom stereocenters. The van der Waals surface area contributed by atoms with E-state index in [0.717, 1.165) is 40.8 Å². The summed E-state index contributed by atoms with van der Waals surface area (Å²) in [6, 6.07) is 8.16. The van der Waals surface area contributed by atoms with Crippen LogP contribution in [0.25, 0.3) is 5.57 Å². The molecule has 0 radical (unpaired) electrons. The fraction of sp³-hybridized carbons (Fsp3) is 0.407. The van der Waals surface area contributed by atoms with Gasteiger partial charge in [0.2, 0.25) is 5.88 Å². The highest BCUT2D eigenvalue weighted by molar-refractivity contribution is 5.84. The number of amidine groups is 1. The van der Waals surface area contributed by atoms with Crippen LogP contribution in [0.5, 0.6) is 11.6 Å². The Morgan fingerprint density at radius 1 is 1.12 bits per heavy atom. The number of benzene rings is 1. The van der Waals surface area contributed by atoms with Gasteiger partial charge in [0.15, 0.2) is 0 Å². The molecule has 5 heteroatoms. The Bertz CT molecular complexity index is 1190. The number of fused-ring (bicyclic) bond motifs is 4. The number of hydrogen-bond donors (Lipinski definition) is 1. The zero-order valence-electron chi connectivity index (χ0n) is 19.0. The largest absolute Gasteiger partial charge is 0.438 e. The number of aliphatic imine (C=N–C) groups is 1. The predicted molar refractivity (Wildman–Crippen MR) is 127 cm³/mol. The Morgan fingerprint density at radius 3 is 2.75 bits per heavy atom. The van der Waals surface area contributed by atoms with E-state index < -0.39 is 5.54 Å². The number of allylic oxidation sites excluding steroid dienone is 2. The quantitative estimate of drug-likeness (QED) is 0.637. The molecule has 1 spiro atoms. The van der Waals surface area contributed by atoms with Crippen molar-refractivity contribution < 1.29 is 9.47 Å². The molecular formula is C27H29N3O2. The first kappa shape index (κ1) is 20.8. The standard InChI is InChI=1S/C27H29N3O2/c1-26(2,3)12-11-18-9-10-23-21(13-18)27(17-31-16-24(28)30-27)22-14-20(15-29-25(22)32-23)19-7-5-4-6-8-19/h7,9-10,13-15H,4-6,8,16-17H2,1-3H3,(H2,28,30)/t27-/m0/s1. The lowest BCUT2D eigenvalue weighted by molar-refractivity contribution is 0.109. The van der Waals surface area contributed by atoms with E-state index in [4.69, 9.17) is 25.2 Å². The van der Waals surface area contributed by atoms with E-state index >= 15 is 0 Å². The second kappa shape index (κ2) is 7.79. The maximum absolute atomic E-state index is 6.24. The Balaban J connectivity index is 1.68. The molecule has 0 saturated heterocycles. The Labute approximate surface area is 189 Å². The van der Waals surface area contributed by atoms with Crippen molar-refractivity contribution in [3.63, 3.8) is 0 Å². The molecule has 1 aromatic carbocycles. The maximum Gasteiger partial charge on any atom is 0.225 e. The van der Waals surface area contributed by atoms with Crippen molar-refractivity contribution >= 4 is 11.4 Å². The number of rotatable bonds is 1. The van der Waals surface area contributed by atoms with Crippen molar-refractivity contribution in [1.29, 1.82) is 0 Å². The predicted octanol–water partition coefficient (Wildman–Crippen LogP) is 5.17. The van der Waals surface area contributed by atoms with Crippen LogP contribution in [0.3, 0.4) is 0 Å². The molecule has 2 aliphatic heterocycles. The van der Waals surface area contributed by atoms with Crippen molar-refractivity contribution in [2.24, 2.45) is 16.1 Å². The van der Waals surface area contributed by atoms with Crippen molar-refractivity contribution in [2.45, 2.75) is 52.0 Å². The number of nitrogens with two attached hydrogens (primary N) is 1. The minimum atomic E-state index is -0.789. The topological polar surface area (TPSA) is 69.7 Å². The number of nitrogens with zero attached hydrogens (tertiary/aromatic N) is 2. The molecule has 3 heterocycles. The lowest BCUT2D eigenvalue weighted by Crippen LogP contribution is -2.42. The molecule has 0 unspecified atom stereocenters. The van der Waals surface area contributed by atoms with E-state index in [1.807, 2.05) is 18.3 Å². The van der Waals surface area contributed by atoms with Gasteiger partial charge in [-0.1, -0.05) is 17.9 Å². The van der Waals surface area contributed by atoms with Crippen LogP contribution in [0.2, 0.25) is 0 Å². The van der Waals surface area contributed by atoms with Crippen LogP contribution in [0.4, 0.5) is 0 Å². The summed E-state index contributed by atoms with van der Waals surface area (Å²) in [6.07, 6.45) is 8.87. The Hall–Kier alpha value is -3.10. The second-order valence-electron chi connectivity index (χ2n) is 9.82. The van der Waals surface area contributed by atoms with Crippen LogP contribution < -0.4 is 10.5 Å². The van der Waals surface area contributed by atoms with Crippen LogP contribution in [0.15, 0.2) is 41.5 Å². The van der Waals surface area contributed by atoms with Gasteiger partial charge < -0.3 is 15.2 Å². The molecule has 164 valence electrons. The van der Waals surface area contributed by atoms with Gasteiger partial charge in [0.05, 0.1) is 6.61 Å². The van der Waals surface area contributed by atoms with Crippen LogP contribution in [-0.2, 0) is 10.3 Å². The third-order valence-electron chi connectivity index (χ3n) is 6.07. The molecule has 5 rings (SSSR count). The summed E-state index contributed by atoms with van der Waals surface area (Å²) in [7, 11) is 0. The third-order valence-corrected chi connectivity index (χ3v) is 6.07. The first-order valence-electron chi connectivity index (χ1n) is 11.3. The summed E-state index contributed by atoms with van der Waals surface area (Å²) in [5.41, 5.74) is 10.5. The Kier molecular flexibility index (Phi) is 5.06. The van der Waals surface area contributed by atoms with Crippen molar-refractivity contribution in [3.05, 3.63) is 58.8 Å². The van der Waals surface area contributed by atoms with E-state index in [1.54, 1.807) is 0 Å². The second-order valence-corrected chi connectivity index (χ2v) is 9.82. The van der Waals surface area contributed by atoms with Gasteiger partial charge in [-0.2, -0.15) is 0 Å². The number of hydrogen-bond acceptors (Lipinski definition) is 5. The SMILES string of the molecule is CC(C)(C)C#Cc1ccc2c(c1)[C@@]1(COCC(N)=N1)c1cc(C3=CCCCC3)cnc1O2. The first-order chi connectivity index (χ1) is 15.3. The van der Waals surface area contributed by atoms with Crippen LogP contribution >= 0.6 is 0 Å². The normalized spacial score (nSPS) is 22.0. The van der Waals surface area contributed by atoms with Gasteiger partial charge in [-0.05, 0) is 81.9 Å². The summed E-state index contributed by atoms with van der Waals surface area (Å²) in [6.45, 7) is 7.03. The molecular weight excluding hydrogens is 398 g/mol. The van der Waals surface area contributed by atoms with Crippen LogP contribution in [0.1, 0.15) is 68.7 Å². The summed E-state index contributed by atoms with van der Waals surface area (Å²) >= 11 is 0. The van der Waals surface area contributed by atoms with E-state index in [0.29, 0.717) is 24.9 Å². The highest BCUT2D eigenvalue weighted by atomic mass is 16.5. The van der Waals surface area contributed by atoms with E-state index in [-0.39, 0.29) is 5.41 Å². The van der Waals surface area contributed by atoms with E-state index in [1.165, 1.54) is 18.4 Å². The third kappa shape index (κ3) is 3.80. The van der Waals surface area contributed by atoms with E-state index in [9.17, 15) is 0 Å². The molecule has 32 heavy (non-hydrogen) atoms. The summed E-state index contributed by atoms with van der Waals surface area (Å²) in [4.78, 5) is 9.68. The van der Waals surface area contributed by atoms with Crippen molar-refractivity contribution in [3.8, 4) is 23.5 Å².